The maximum atomic E-state index is 13.7. The first-order chi connectivity index (χ1) is 14.2. The fraction of sp³-hybridized carbons (Fsp3) is 0.435. The molecule has 29 heavy (non-hydrogen) atoms. The summed E-state index contributed by atoms with van der Waals surface area (Å²) in [6.45, 7) is 4.31. The van der Waals surface area contributed by atoms with Crippen molar-refractivity contribution in [1.82, 2.24) is 10.2 Å². The molecule has 6 heteroatoms. The highest BCUT2D eigenvalue weighted by Gasteiger charge is 2.26. The number of halogens is 1. The predicted molar refractivity (Wildman–Crippen MR) is 109 cm³/mol. The van der Waals surface area contributed by atoms with Crippen molar-refractivity contribution in [3.8, 4) is 16.9 Å². The van der Waals surface area contributed by atoms with E-state index >= 15 is 0 Å². The number of ether oxygens (including phenoxy) is 2. The number of fused-ring (bicyclic) bond motifs is 3. The Morgan fingerprint density at radius 1 is 1.07 bits per heavy atom. The summed E-state index contributed by atoms with van der Waals surface area (Å²) in [6.07, 6.45) is 1.91. The van der Waals surface area contributed by atoms with Gasteiger partial charge in [-0.3, -0.25) is 9.69 Å². The summed E-state index contributed by atoms with van der Waals surface area (Å²) in [5, 5.41) is 2.98. The standard InChI is InChI=1S/C23H27FN2O3/c24-21-5-1-3-17(14-21)18-6-7-22-20(13-18)16-26-9-2-4-19(15-26)23(27)25-8-10-28-11-12-29-22/h1,3,5-7,13-14,19H,2,4,8-12,15-16H2,(H,25,27). The first-order valence-corrected chi connectivity index (χ1v) is 10.3. The molecule has 0 aliphatic carbocycles. The molecule has 1 N–H and O–H groups in total. The molecule has 2 aliphatic rings. The number of amides is 1. The molecule has 2 atom stereocenters. The molecule has 1 fully saturated rings. The van der Waals surface area contributed by atoms with Crippen molar-refractivity contribution in [3.05, 3.63) is 53.8 Å². The van der Waals surface area contributed by atoms with Crippen LogP contribution in [0.25, 0.3) is 11.1 Å². The largest absolute Gasteiger partial charge is 0.491 e. The second kappa shape index (κ2) is 9.37. The Morgan fingerprint density at radius 2 is 1.97 bits per heavy atom. The number of hydrogen-bond acceptors (Lipinski definition) is 4. The van der Waals surface area contributed by atoms with Gasteiger partial charge >= 0.3 is 0 Å². The van der Waals surface area contributed by atoms with Crippen LogP contribution in [0.4, 0.5) is 4.39 Å². The fourth-order valence-electron chi connectivity index (χ4n) is 4.05. The van der Waals surface area contributed by atoms with Gasteiger partial charge in [0.1, 0.15) is 18.2 Å². The van der Waals surface area contributed by atoms with Crippen LogP contribution in [0.5, 0.6) is 5.75 Å². The molecule has 1 saturated heterocycles. The summed E-state index contributed by atoms with van der Waals surface area (Å²) in [6, 6.07) is 12.6. The van der Waals surface area contributed by atoms with Gasteiger partial charge in [-0.1, -0.05) is 18.2 Å². The van der Waals surface area contributed by atoms with Gasteiger partial charge in [0.25, 0.3) is 0 Å². The van der Waals surface area contributed by atoms with E-state index in [9.17, 15) is 9.18 Å². The second-order valence-corrected chi connectivity index (χ2v) is 7.66. The number of carbonyl (C=O) groups excluding carboxylic acids is 1. The average molecular weight is 398 g/mol. The molecule has 5 nitrogen and oxygen atoms in total. The Hall–Kier alpha value is -2.44. The molecule has 2 aromatic carbocycles. The number of rotatable bonds is 1. The van der Waals surface area contributed by atoms with Gasteiger partial charge in [0.15, 0.2) is 0 Å². The van der Waals surface area contributed by atoms with E-state index in [0.717, 1.165) is 48.4 Å². The lowest BCUT2D eigenvalue weighted by molar-refractivity contribution is -0.127. The molecule has 2 aromatic rings. The van der Waals surface area contributed by atoms with Crippen LogP contribution in [0.15, 0.2) is 42.5 Å². The topological polar surface area (TPSA) is 50.8 Å². The number of piperidine rings is 1. The molecule has 0 saturated carbocycles. The van der Waals surface area contributed by atoms with Gasteiger partial charge in [-0.15, -0.1) is 0 Å². The van der Waals surface area contributed by atoms with E-state index in [1.807, 2.05) is 18.2 Å². The van der Waals surface area contributed by atoms with Crippen molar-refractivity contribution in [3.63, 3.8) is 0 Å². The lowest BCUT2D eigenvalue weighted by Gasteiger charge is -2.32. The Bertz CT molecular complexity index is 858. The van der Waals surface area contributed by atoms with Crippen LogP contribution in [0.1, 0.15) is 18.4 Å². The van der Waals surface area contributed by atoms with Gasteiger partial charge in [0, 0.05) is 25.2 Å². The Morgan fingerprint density at radius 3 is 2.86 bits per heavy atom. The Kier molecular flexibility index (Phi) is 6.42. The van der Waals surface area contributed by atoms with Crippen molar-refractivity contribution >= 4 is 5.91 Å². The molecule has 4 rings (SSSR count). The van der Waals surface area contributed by atoms with E-state index < -0.39 is 0 Å². The van der Waals surface area contributed by atoms with E-state index in [2.05, 4.69) is 16.3 Å². The molecule has 2 bridgehead atoms. The van der Waals surface area contributed by atoms with Gasteiger partial charge in [-0.2, -0.15) is 0 Å². The molecule has 154 valence electrons. The highest BCUT2D eigenvalue weighted by atomic mass is 19.1. The summed E-state index contributed by atoms with van der Waals surface area (Å²) in [4.78, 5) is 14.8. The molecule has 2 heterocycles. The highest BCUT2D eigenvalue weighted by molar-refractivity contribution is 5.79. The minimum atomic E-state index is -0.249. The van der Waals surface area contributed by atoms with Crippen molar-refractivity contribution in [1.29, 1.82) is 0 Å². The number of hydrogen-bond donors (Lipinski definition) is 1. The summed E-state index contributed by atoms with van der Waals surface area (Å²) in [7, 11) is 0. The SMILES string of the molecule is O=C1NCCOCCOc2ccc(-c3cccc(F)c3)cc2CN2CCCC1C2. The number of nitrogens with one attached hydrogen (secondary N) is 1. The van der Waals surface area contributed by atoms with Crippen LogP contribution >= 0.6 is 0 Å². The van der Waals surface area contributed by atoms with Crippen LogP contribution in [0.3, 0.4) is 0 Å². The van der Waals surface area contributed by atoms with Crippen LogP contribution in [0.2, 0.25) is 0 Å². The van der Waals surface area contributed by atoms with Gasteiger partial charge in [0.05, 0.1) is 19.1 Å². The summed E-state index contributed by atoms with van der Waals surface area (Å²) >= 11 is 0. The third kappa shape index (κ3) is 5.14. The van der Waals surface area contributed by atoms with Crippen molar-refractivity contribution in [2.24, 2.45) is 5.92 Å². The molecular formula is C23H27FN2O3. The Labute approximate surface area is 170 Å². The maximum Gasteiger partial charge on any atom is 0.224 e. The molecule has 2 aliphatic heterocycles. The number of benzene rings is 2. The molecule has 0 spiro atoms. The van der Waals surface area contributed by atoms with Gasteiger partial charge < -0.3 is 14.8 Å². The zero-order valence-corrected chi connectivity index (χ0v) is 16.5. The first-order valence-electron chi connectivity index (χ1n) is 10.3. The van der Waals surface area contributed by atoms with Gasteiger partial charge in [0.2, 0.25) is 5.91 Å². The normalized spacial score (nSPS) is 23.3. The van der Waals surface area contributed by atoms with Crippen molar-refractivity contribution in [2.75, 3.05) is 39.5 Å². The third-order valence-electron chi connectivity index (χ3n) is 5.52. The fourth-order valence-corrected chi connectivity index (χ4v) is 4.05. The minimum Gasteiger partial charge on any atom is -0.491 e. The van der Waals surface area contributed by atoms with E-state index in [-0.39, 0.29) is 17.6 Å². The van der Waals surface area contributed by atoms with E-state index in [1.165, 1.54) is 6.07 Å². The maximum absolute atomic E-state index is 13.7. The van der Waals surface area contributed by atoms with E-state index in [0.29, 0.717) is 32.9 Å². The molecule has 1 amide bonds. The van der Waals surface area contributed by atoms with Gasteiger partial charge in [-0.25, -0.2) is 4.39 Å². The second-order valence-electron chi connectivity index (χ2n) is 7.66. The minimum absolute atomic E-state index is 0.00228. The average Bonchev–Trinajstić information content (AvgIpc) is 2.73. The zero-order chi connectivity index (χ0) is 20.1. The van der Waals surface area contributed by atoms with E-state index in [4.69, 9.17) is 9.47 Å². The molecular weight excluding hydrogens is 371 g/mol. The van der Waals surface area contributed by atoms with Crippen molar-refractivity contribution in [2.45, 2.75) is 19.4 Å². The van der Waals surface area contributed by atoms with Crippen molar-refractivity contribution < 1.29 is 18.7 Å². The van der Waals surface area contributed by atoms with Crippen LogP contribution in [-0.4, -0.2) is 50.3 Å². The Balaban J connectivity index is 1.61. The van der Waals surface area contributed by atoms with Gasteiger partial charge in [-0.05, 0) is 54.8 Å². The summed E-state index contributed by atoms with van der Waals surface area (Å²) in [5.41, 5.74) is 2.84. The number of carbonyl (C=O) groups is 1. The number of nitrogens with zero attached hydrogens (tertiary/aromatic N) is 1. The molecule has 2 unspecified atom stereocenters. The predicted octanol–water partition coefficient (Wildman–Crippen LogP) is 3.23. The summed E-state index contributed by atoms with van der Waals surface area (Å²) in [5.74, 6) is 0.682. The smallest absolute Gasteiger partial charge is 0.224 e. The van der Waals surface area contributed by atoms with E-state index in [1.54, 1.807) is 12.1 Å². The monoisotopic (exact) mass is 398 g/mol. The highest BCUT2D eigenvalue weighted by Crippen LogP contribution is 2.29. The first kappa shape index (κ1) is 19.9. The van der Waals surface area contributed by atoms with Crippen LogP contribution < -0.4 is 10.1 Å². The van der Waals surface area contributed by atoms with Crippen LogP contribution in [-0.2, 0) is 16.1 Å². The molecule has 0 radical (unpaired) electrons. The van der Waals surface area contributed by atoms with Crippen LogP contribution in [0, 0.1) is 11.7 Å². The third-order valence-corrected chi connectivity index (χ3v) is 5.52. The quantitative estimate of drug-likeness (QED) is 0.801. The summed E-state index contributed by atoms with van der Waals surface area (Å²) < 4.78 is 25.2. The molecule has 0 aromatic heterocycles. The lowest BCUT2D eigenvalue weighted by atomic mass is 9.96. The lowest BCUT2D eigenvalue weighted by Crippen LogP contribution is -2.43. The zero-order valence-electron chi connectivity index (χ0n) is 16.5.